The Bertz CT molecular complexity index is 900. The first-order valence-electron chi connectivity index (χ1n) is 9.90. The number of methoxy groups -OCH3 is 2. The van der Waals surface area contributed by atoms with E-state index in [4.69, 9.17) is 15.2 Å². The number of nitrogens with two attached hydrogens (primary N) is 1. The largest absolute Gasteiger partial charge is 0.493 e. The fraction of sp³-hybridized carbons (Fsp3) is 0.476. The fourth-order valence-electron chi connectivity index (χ4n) is 3.78. The Balaban J connectivity index is 1.73. The highest BCUT2D eigenvalue weighted by Crippen LogP contribution is 2.33. The summed E-state index contributed by atoms with van der Waals surface area (Å²) in [6.07, 6.45) is 4.93. The van der Waals surface area contributed by atoms with Crippen molar-refractivity contribution in [1.82, 2.24) is 15.1 Å². The van der Waals surface area contributed by atoms with Crippen LogP contribution in [0.25, 0.3) is 0 Å². The van der Waals surface area contributed by atoms with E-state index in [2.05, 4.69) is 10.4 Å². The average molecular weight is 400 g/mol. The molecule has 0 aliphatic heterocycles. The molecule has 0 atom stereocenters. The number of aryl methyl sites for hydroxylation is 1. The Morgan fingerprint density at radius 3 is 2.52 bits per heavy atom. The summed E-state index contributed by atoms with van der Waals surface area (Å²) in [5.74, 6) is 0.758. The maximum Gasteiger partial charge on any atom is 0.257 e. The van der Waals surface area contributed by atoms with Crippen molar-refractivity contribution < 1.29 is 19.1 Å². The number of rotatable bonds is 8. The van der Waals surface area contributed by atoms with Gasteiger partial charge in [-0.2, -0.15) is 5.10 Å². The van der Waals surface area contributed by atoms with Crippen LogP contribution in [0.2, 0.25) is 0 Å². The zero-order valence-corrected chi connectivity index (χ0v) is 17.2. The van der Waals surface area contributed by atoms with Crippen molar-refractivity contribution >= 4 is 17.5 Å². The third-order valence-electron chi connectivity index (χ3n) is 5.37. The molecule has 1 aromatic heterocycles. The SMILES string of the molecule is CCc1nn(C2CCCC2)c(N)c1C(=O)NCC(=O)c1ccc(OC)c(OC)c1. The van der Waals surface area contributed by atoms with Crippen LogP contribution in [-0.2, 0) is 6.42 Å². The third kappa shape index (κ3) is 4.21. The van der Waals surface area contributed by atoms with Crippen molar-refractivity contribution in [2.24, 2.45) is 0 Å². The topological polar surface area (TPSA) is 108 Å². The van der Waals surface area contributed by atoms with Gasteiger partial charge in [0.1, 0.15) is 11.4 Å². The van der Waals surface area contributed by atoms with Crippen LogP contribution in [0.3, 0.4) is 0 Å². The zero-order valence-electron chi connectivity index (χ0n) is 17.2. The molecule has 0 saturated heterocycles. The third-order valence-corrected chi connectivity index (χ3v) is 5.37. The second-order valence-electron chi connectivity index (χ2n) is 7.12. The van der Waals surface area contributed by atoms with Crippen molar-refractivity contribution in [2.45, 2.75) is 45.1 Å². The summed E-state index contributed by atoms with van der Waals surface area (Å²) in [5, 5.41) is 7.26. The van der Waals surface area contributed by atoms with Crippen LogP contribution in [0.1, 0.15) is 65.1 Å². The predicted octanol–water partition coefficient (Wildman–Crippen LogP) is 2.77. The van der Waals surface area contributed by atoms with Crippen molar-refractivity contribution in [3.63, 3.8) is 0 Å². The molecule has 3 N–H and O–H groups in total. The summed E-state index contributed by atoms with van der Waals surface area (Å²) >= 11 is 0. The van der Waals surface area contributed by atoms with Gasteiger partial charge in [-0.25, -0.2) is 4.68 Å². The molecule has 156 valence electrons. The van der Waals surface area contributed by atoms with Gasteiger partial charge in [-0.1, -0.05) is 19.8 Å². The Morgan fingerprint density at radius 1 is 1.21 bits per heavy atom. The first-order chi connectivity index (χ1) is 14.0. The van der Waals surface area contributed by atoms with Crippen molar-refractivity contribution in [3.8, 4) is 11.5 Å². The molecular weight excluding hydrogens is 372 g/mol. The second-order valence-corrected chi connectivity index (χ2v) is 7.12. The average Bonchev–Trinajstić information content (AvgIpc) is 3.38. The molecule has 1 aromatic carbocycles. The van der Waals surface area contributed by atoms with Gasteiger partial charge in [-0.05, 0) is 37.5 Å². The Hall–Kier alpha value is -3.03. The van der Waals surface area contributed by atoms with E-state index in [1.165, 1.54) is 14.2 Å². The number of amides is 1. The van der Waals surface area contributed by atoms with Crippen LogP contribution in [0.15, 0.2) is 18.2 Å². The number of carbonyl (C=O) groups excluding carboxylic acids is 2. The fourth-order valence-corrected chi connectivity index (χ4v) is 3.78. The maximum atomic E-state index is 12.8. The Labute approximate surface area is 170 Å². The Kier molecular flexibility index (Phi) is 6.41. The Morgan fingerprint density at radius 2 is 1.90 bits per heavy atom. The van der Waals surface area contributed by atoms with Gasteiger partial charge in [0, 0.05) is 5.56 Å². The molecule has 2 aromatic rings. The van der Waals surface area contributed by atoms with Crippen LogP contribution >= 0.6 is 0 Å². The number of anilines is 1. The normalized spacial score (nSPS) is 14.0. The van der Waals surface area contributed by atoms with E-state index in [0.29, 0.717) is 40.6 Å². The number of nitrogens with zero attached hydrogens (tertiary/aromatic N) is 2. The molecule has 1 aliphatic carbocycles. The van der Waals surface area contributed by atoms with Crippen LogP contribution in [-0.4, -0.2) is 42.2 Å². The molecule has 0 unspecified atom stereocenters. The molecule has 1 saturated carbocycles. The number of aromatic nitrogens is 2. The van der Waals surface area contributed by atoms with Crippen molar-refractivity contribution in [1.29, 1.82) is 0 Å². The molecule has 0 spiro atoms. The van der Waals surface area contributed by atoms with Gasteiger partial charge in [0.05, 0.1) is 32.5 Å². The summed E-state index contributed by atoms with van der Waals surface area (Å²) < 4.78 is 12.2. The summed E-state index contributed by atoms with van der Waals surface area (Å²) in [4.78, 5) is 25.3. The highest BCUT2D eigenvalue weighted by atomic mass is 16.5. The molecule has 8 nitrogen and oxygen atoms in total. The molecule has 0 radical (unpaired) electrons. The minimum absolute atomic E-state index is 0.147. The van der Waals surface area contributed by atoms with Gasteiger partial charge in [0.25, 0.3) is 5.91 Å². The quantitative estimate of drug-likeness (QED) is 0.660. The first kappa shape index (κ1) is 20.7. The molecule has 0 bridgehead atoms. The summed E-state index contributed by atoms with van der Waals surface area (Å²) in [7, 11) is 3.03. The van der Waals surface area contributed by atoms with Gasteiger partial charge >= 0.3 is 0 Å². The monoisotopic (exact) mass is 400 g/mol. The molecule has 1 amide bonds. The lowest BCUT2D eigenvalue weighted by Gasteiger charge is -2.12. The lowest BCUT2D eigenvalue weighted by molar-refractivity contribution is 0.0904. The van der Waals surface area contributed by atoms with E-state index in [1.807, 2.05) is 6.92 Å². The van der Waals surface area contributed by atoms with Gasteiger partial charge in [0.2, 0.25) is 0 Å². The smallest absolute Gasteiger partial charge is 0.257 e. The van der Waals surface area contributed by atoms with Crippen molar-refractivity contribution in [3.05, 3.63) is 35.0 Å². The zero-order chi connectivity index (χ0) is 21.0. The number of ketones is 1. The minimum atomic E-state index is -0.377. The number of Topliss-reactive ketones (excluding diaryl/α,β-unsaturated/α-hetero) is 1. The second kappa shape index (κ2) is 8.98. The number of hydrogen-bond donors (Lipinski definition) is 2. The van der Waals surface area contributed by atoms with Gasteiger partial charge < -0.3 is 20.5 Å². The van der Waals surface area contributed by atoms with Gasteiger partial charge in [-0.15, -0.1) is 0 Å². The molecule has 1 fully saturated rings. The molecule has 29 heavy (non-hydrogen) atoms. The van der Waals surface area contributed by atoms with E-state index in [-0.39, 0.29) is 24.3 Å². The number of benzene rings is 1. The lowest BCUT2D eigenvalue weighted by atomic mass is 10.1. The number of ether oxygens (including phenoxy) is 2. The summed E-state index contributed by atoms with van der Waals surface area (Å²) in [5.41, 5.74) is 7.73. The molecule has 1 heterocycles. The van der Waals surface area contributed by atoms with Crippen LogP contribution in [0.4, 0.5) is 5.82 Å². The van der Waals surface area contributed by atoms with E-state index in [0.717, 1.165) is 25.7 Å². The molecule has 8 heteroatoms. The standard InChI is InChI=1S/C21H28N4O4/c1-4-15-19(20(22)25(24-15)14-7-5-6-8-14)21(27)23-12-16(26)13-9-10-17(28-2)18(11-13)29-3/h9-11,14H,4-8,12,22H2,1-3H3,(H,23,27). The highest BCUT2D eigenvalue weighted by Gasteiger charge is 2.27. The summed E-state index contributed by atoms with van der Waals surface area (Å²) in [6, 6.07) is 5.14. The maximum absolute atomic E-state index is 12.8. The van der Waals surface area contributed by atoms with E-state index < -0.39 is 0 Å². The summed E-state index contributed by atoms with van der Waals surface area (Å²) in [6.45, 7) is 1.79. The lowest BCUT2D eigenvalue weighted by Crippen LogP contribution is -2.30. The number of hydrogen-bond acceptors (Lipinski definition) is 6. The van der Waals surface area contributed by atoms with Crippen LogP contribution in [0, 0.1) is 0 Å². The van der Waals surface area contributed by atoms with Crippen LogP contribution in [0.5, 0.6) is 11.5 Å². The van der Waals surface area contributed by atoms with Crippen LogP contribution < -0.4 is 20.5 Å². The molecular formula is C21H28N4O4. The minimum Gasteiger partial charge on any atom is -0.493 e. The number of nitrogen functional groups attached to an aromatic ring is 1. The number of carbonyl (C=O) groups is 2. The van der Waals surface area contributed by atoms with Crippen molar-refractivity contribution in [2.75, 3.05) is 26.5 Å². The van der Waals surface area contributed by atoms with E-state index >= 15 is 0 Å². The first-order valence-corrected chi connectivity index (χ1v) is 9.90. The van der Waals surface area contributed by atoms with Gasteiger partial charge in [-0.3, -0.25) is 9.59 Å². The van der Waals surface area contributed by atoms with E-state index in [1.54, 1.807) is 22.9 Å². The van der Waals surface area contributed by atoms with Gasteiger partial charge in [0.15, 0.2) is 17.3 Å². The number of nitrogens with one attached hydrogen (secondary N) is 1. The molecule has 1 aliphatic rings. The molecule has 3 rings (SSSR count). The van der Waals surface area contributed by atoms with E-state index in [9.17, 15) is 9.59 Å². The highest BCUT2D eigenvalue weighted by molar-refractivity contribution is 6.04. The predicted molar refractivity (Wildman–Crippen MR) is 110 cm³/mol.